The summed E-state index contributed by atoms with van der Waals surface area (Å²) in [6, 6.07) is 12.0. The Morgan fingerprint density at radius 2 is 1.79 bits per heavy atom. The van der Waals surface area contributed by atoms with Gasteiger partial charge in [-0.1, -0.05) is 63.7 Å². The van der Waals surface area contributed by atoms with Crippen molar-refractivity contribution in [2.24, 2.45) is 11.7 Å². The number of primary amides is 1. The van der Waals surface area contributed by atoms with Crippen LogP contribution in [-0.4, -0.2) is 32.3 Å². The average Bonchev–Trinajstić information content (AvgIpc) is 3.45. The van der Waals surface area contributed by atoms with Gasteiger partial charge in [0.1, 0.15) is 11.6 Å². The second kappa shape index (κ2) is 11.9. The molecule has 8 nitrogen and oxygen atoms in total. The van der Waals surface area contributed by atoms with Crippen LogP contribution in [0.4, 0.5) is 0 Å². The Kier molecular flexibility index (Phi) is 8.92. The molecule has 0 radical (unpaired) electrons. The molecule has 2 amide bonds. The van der Waals surface area contributed by atoms with Crippen LogP contribution in [0.5, 0.6) is 0 Å². The van der Waals surface area contributed by atoms with Crippen molar-refractivity contribution >= 4 is 23.6 Å². The monoisotopic (exact) mass is 483 g/mol. The maximum absolute atomic E-state index is 12.9. The highest BCUT2D eigenvalue weighted by Crippen LogP contribution is 2.25. The second-order valence-electron chi connectivity index (χ2n) is 8.93. The Balaban J connectivity index is 1.68. The molecule has 3 aromatic rings. The molecule has 0 aliphatic rings. The van der Waals surface area contributed by atoms with Crippen LogP contribution in [0.2, 0.25) is 0 Å². The highest BCUT2D eigenvalue weighted by atomic mass is 32.2. The molecular formula is C25H33N5O3S. The molecule has 1 atom stereocenters. The van der Waals surface area contributed by atoms with Crippen molar-refractivity contribution in [1.82, 2.24) is 20.1 Å². The lowest BCUT2D eigenvalue weighted by Crippen LogP contribution is -2.33. The Labute approximate surface area is 204 Å². The first kappa shape index (κ1) is 25.6. The van der Waals surface area contributed by atoms with Crippen LogP contribution in [0.25, 0.3) is 0 Å². The molecule has 1 aromatic carbocycles. The first-order valence-corrected chi connectivity index (χ1v) is 12.5. The predicted molar refractivity (Wildman–Crippen MR) is 132 cm³/mol. The van der Waals surface area contributed by atoms with Crippen LogP contribution in [-0.2, 0) is 22.6 Å². The number of nitrogens with two attached hydrogens (primary N) is 1. The van der Waals surface area contributed by atoms with Crippen LogP contribution in [0.3, 0.4) is 0 Å². The molecule has 0 saturated carbocycles. The van der Waals surface area contributed by atoms with E-state index in [1.54, 1.807) is 6.26 Å². The van der Waals surface area contributed by atoms with E-state index in [0.717, 1.165) is 11.3 Å². The summed E-state index contributed by atoms with van der Waals surface area (Å²) in [4.78, 5) is 24.1. The van der Waals surface area contributed by atoms with E-state index in [4.69, 9.17) is 10.2 Å². The van der Waals surface area contributed by atoms with Crippen LogP contribution >= 0.6 is 11.8 Å². The van der Waals surface area contributed by atoms with Crippen LogP contribution in [0.15, 0.2) is 52.2 Å². The molecule has 0 saturated heterocycles. The summed E-state index contributed by atoms with van der Waals surface area (Å²) in [5, 5.41) is 12.2. The number of hydrogen-bond acceptors (Lipinski definition) is 6. The number of amides is 2. The summed E-state index contributed by atoms with van der Waals surface area (Å²) >= 11 is 1.31. The van der Waals surface area contributed by atoms with Crippen molar-refractivity contribution in [1.29, 1.82) is 0 Å². The average molecular weight is 484 g/mol. The lowest BCUT2D eigenvalue weighted by Gasteiger charge is -2.23. The first-order chi connectivity index (χ1) is 16.2. The molecule has 1 unspecified atom stereocenters. The van der Waals surface area contributed by atoms with E-state index < -0.39 is 5.91 Å². The molecular weight excluding hydrogens is 450 g/mol. The minimum atomic E-state index is -0.401. The summed E-state index contributed by atoms with van der Waals surface area (Å²) in [6.07, 6.45) is 2.15. The molecule has 182 valence electrons. The van der Waals surface area contributed by atoms with Crippen molar-refractivity contribution in [3.05, 3.63) is 65.4 Å². The number of furan rings is 1. The molecule has 9 heteroatoms. The zero-order valence-corrected chi connectivity index (χ0v) is 21.0. The van der Waals surface area contributed by atoms with Gasteiger partial charge in [0.05, 0.1) is 24.6 Å². The first-order valence-electron chi connectivity index (χ1n) is 11.5. The SMILES string of the molecule is CC(C)c1ccc(C(NC(=O)CSc2nnc(CCC(N)=O)n2Cc2ccco2)C(C)C)cc1. The molecule has 0 aliphatic carbocycles. The van der Waals surface area contributed by atoms with Crippen LogP contribution < -0.4 is 11.1 Å². The van der Waals surface area contributed by atoms with Crippen molar-refractivity contribution in [2.75, 3.05) is 5.75 Å². The number of rotatable bonds is 12. The van der Waals surface area contributed by atoms with E-state index in [2.05, 4.69) is 67.5 Å². The summed E-state index contributed by atoms with van der Waals surface area (Å²) < 4.78 is 7.33. The van der Waals surface area contributed by atoms with Crippen LogP contribution in [0.1, 0.15) is 68.8 Å². The van der Waals surface area contributed by atoms with E-state index in [0.29, 0.717) is 29.9 Å². The molecule has 0 spiro atoms. The normalized spacial score (nSPS) is 12.3. The van der Waals surface area contributed by atoms with Gasteiger partial charge in [0.2, 0.25) is 11.8 Å². The minimum Gasteiger partial charge on any atom is -0.467 e. The molecule has 3 N–H and O–H groups in total. The zero-order chi connectivity index (χ0) is 24.7. The van der Waals surface area contributed by atoms with Crippen molar-refractivity contribution in [3.8, 4) is 0 Å². The number of benzene rings is 1. The smallest absolute Gasteiger partial charge is 0.230 e. The molecule has 3 rings (SSSR count). The fourth-order valence-corrected chi connectivity index (χ4v) is 4.40. The molecule has 0 aliphatic heterocycles. The Morgan fingerprint density at radius 3 is 2.38 bits per heavy atom. The molecule has 34 heavy (non-hydrogen) atoms. The highest BCUT2D eigenvalue weighted by molar-refractivity contribution is 7.99. The predicted octanol–water partition coefficient (Wildman–Crippen LogP) is 4.07. The minimum absolute atomic E-state index is 0.0807. The molecule has 2 aromatic heterocycles. The van der Waals surface area contributed by atoms with Gasteiger partial charge in [-0.25, -0.2) is 0 Å². The number of hydrogen-bond donors (Lipinski definition) is 2. The van der Waals surface area contributed by atoms with E-state index in [9.17, 15) is 9.59 Å². The van der Waals surface area contributed by atoms with Gasteiger partial charge in [0, 0.05) is 12.8 Å². The third kappa shape index (κ3) is 6.96. The Bertz CT molecular complexity index is 1070. The third-order valence-corrected chi connectivity index (χ3v) is 6.53. The zero-order valence-electron chi connectivity index (χ0n) is 20.2. The van der Waals surface area contributed by atoms with Crippen molar-refractivity contribution in [2.45, 2.75) is 64.2 Å². The van der Waals surface area contributed by atoms with E-state index >= 15 is 0 Å². The lowest BCUT2D eigenvalue weighted by molar-refractivity contribution is -0.120. The van der Waals surface area contributed by atoms with Gasteiger partial charge in [-0.15, -0.1) is 10.2 Å². The van der Waals surface area contributed by atoms with Gasteiger partial charge in [0.25, 0.3) is 0 Å². The standard InChI is InChI=1S/C25H33N5O3S/c1-16(2)18-7-9-19(10-8-18)24(17(3)4)27-23(32)15-34-25-29-28-22(12-11-21(26)31)30(25)14-20-6-5-13-33-20/h5-10,13,16-17,24H,11-12,14-15H2,1-4H3,(H2,26,31)(H,27,32). The molecule has 0 bridgehead atoms. The molecule has 2 heterocycles. The van der Waals surface area contributed by atoms with Crippen LogP contribution in [0, 0.1) is 5.92 Å². The number of aryl methyl sites for hydroxylation is 1. The highest BCUT2D eigenvalue weighted by Gasteiger charge is 2.20. The van der Waals surface area contributed by atoms with Crippen molar-refractivity contribution in [3.63, 3.8) is 0 Å². The maximum atomic E-state index is 12.9. The number of aromatic nitrogens is 3. The van der Waals surface area contributed by atoms with Gasteiger partial charge in [-0.2, -0.15) is 0 Å². The summed E-state index contributed by atoms with van der Waals surface area (Å²) in [6.45, 7) is 8.93. The fraction of sp³-hybridized carbons (Fsp3) is 0.440. The number of carbonyl (C=O) groups is 2. The van der Waals surface area contributed by atoms with Gasteiger partial charge in [-0.05, 0) is 35.1 Å². The van der Waals surface area contributed by atoms with E-state index in [1.165, 1.54) is 17.3 Å². The number of nitrogens with one attached hydrogen (secondary N) is 1. The Morgan fingerprint density at radius 1 is 1.09 bits per heavy atom. The topological polar surface area (TPSA) is 116 Å². The number of carbonyl (C=O) groups excluding carboxylic acids is 2. The van der Waals surface area contributed by atoms with Gasteiger partial charge in [0.15, 0.2) is 5.16 Å². The van der Waals surface area contributed by atoms with Crippen molar-refractivity contribution < 1.29 is 14.0 Å². The van der Waals surface area contributed by atoms with Gasteiger partial charge in [-0.3, -0.25) is 14.2 Å². The van der Waals surface area contributed by atoms with E-state index in [-0.39, 0.29) is 30.0 Å². The lowest BCUT2D eigenvalue weighted by atomic mass is 9.93. The summed E-state index contributed by atoms with van der Waals surface area (Å²) in [5.41, 5.74) is 7.66. The second-order valence-corrected chi connectivity index (χ2v) is 9.87. The Hall–Kier alpha value is -3.07. The van der Waals surface area contributed by atoms with Gasteiger partial charge >= 0.3 is 0 Å². The third-order valence-electron chi connectivity index (χ3n) is 5.56. The fourth-order valence-electron chi connectivity index (χ4n) is 3.63. The van der Waals surface area contributed by atoms with Gasteiger partial charge < -0.3 is 15.5 Å². The number of nitrogens with zero attached hydrogens (tertiary/aromatic N) is 3. The summed E-state index contributed by atoms with van der Waals surface area (Å²) in [7, 11) is 0. The molecule has 0 fully saturated rings. The quantitative estimate of drug-likeness (QED) is 0.375. The van der Waals surface area contributed by atoms with E-state index in [1.807, 2.05) is 16.7 Å². The largest absolute Gasteiger partial charge is 0.467 e. The number of thioether (sulfide) groups is 1. The maximum Gasteiger partial charge on any atom is 0.230 e. The summed E-state index contributed by atoms with van der Waals surface area (Å²) in [5.74, 6) is 1.77.